The number of hydrogen-bond donors (Lipinski definition) is 1. The minimum Gasteiger partial charge on any atom is -0.495 e. The number of ether oxygens (including phenoxy) is 1. The Morgan fingerprint density at radius 3 is 2.78 bits per heavy atom. The molecule has 0 aliphatic rings. The highest BCUT2D eigenvalue weighted by molar-refractivity contribution is 9.11. The van der Waals surface area contributed by atoms with Gasteiger partial charge >= 0.3 is 0 Å². The minimum atomic E-state index is 0.805. The third-order valence-corrected chi connectivity index (χ3v) is 3.84. The van der Waals surface area contributed by atoms with Gasteiger partial charge in [0.15, 0.2) is 0 Å². The smallest absolute Gasteiger partial charge is 0.144 e. The number of nitrogens with one attached hydrogen (secondary N) is 1. The van der Waals surface area contributed by atoms with Gasteiger partial charge in [-0.3, -0.25) is 4.98 Å². The summed E-state index contributed by atoms with van der Waals surface area (Å²) in [7, 11) is 1.67. The van der Waals surface area contributed by atoms with Crippen molar-refractivity contribution in [3.63, 3.8) is 0 Å². The van der Waals surface area contributed by atoms with Crippen LogP contribution in [0.3, 0.4) is 0 Å². The molecule has 1 N–H and O–H groups in total. The van der Waals surface area contributed by atoms with Crippen LogP contribution in [0.2, 0.25) is 0 Å². The maximum Gasteiger partial charge on any atom is 0.144 e. The first-order valence-corrected chi connectivity index (χ1v) is 7.32. The molecule has 1 aromatic heterocycles. The molecule has 0 bridgehead atoms. The zero-order valence-corrected chi connectivity index (χ0v) is 13.4. The highest BCUT2D eigenvalue weighted by Crippen LogP contribution is 2.40. The van der Waals surface area contributed by atoms with Crippen molar-refractivity contribution >= 4 is 48.5 Å². The Morgan fingerprint density at radius 2 is 2.11 bits per heavy atom. The second-order valence-corrected chi connectivity index (χ2v) is 5.59. The predicted molar refractivity (Wildman–Crippen MR) is 82.5 cm³/mol. The van der Waals surface area contributed by atoms with Crippen molar-refractivity contribution in [3.8, 4) is 5.75 Å². The van der Waals surface area contributed by atoms with Gasteiger partial charge in [-0.15, -0.1) is 0 Å². The topological polar surface area (TPSA) is 34.2 Å². The molecule has 0 aliphatic heterocycles. The van der Waals surface area contributed by atoms with Crippen molar-refractivity contribution in [1.29, 1.82) is 0 Å². The maximum atomic E-state index is 5.49. The average Bonchev–Trinajstić information content (AvgIpc) is 2.37. The third kappa shape index (κ3) is 2.47. The first kappa shape index (κ1) is 13.6. The van der Waals surface area contributed by atoms with Crippen molar-refractivity contribution in [3.05, 3.63) is 27.3 Å². The molecule has 0 fully saturated rings. The second-order valence-electron chi connectivity index (χ2n) is 3.88. The van der Waals surface area contributed by atoms with E-state index in [1.807, 2.05) is 12.1 Å². The lowest BCUT2D eigenvalue weighted by Gasteiger charge is -2.14. The van der Waals surface area contributed by atoms with E-state index in [1.54, 1.807) is 13.3 Å². The summed E-state index contributed by atoms with van der Waals surface area (Å²) in [6, 6.07) is 3.93. The van der Waals surface area contributed by atoms with Gasteiger partial charge in [0, 0.05) is 22.9 Å². The summed E-state index contributed by atoms with van der Waals surface area (Å²) in [4.78, 5) is 4.41. The largest absolute Gasteiger partial charge is 0.495 e. The number of pyridine rings is 1. The number of rotatable bonds is 4. The molecule has 2 aromatic rings. The molecule has 0 aliphatic carbocycles. The van der Waals surface area contributed by atoms with E-state index in [0.717, 1.165) is 44.3 Å². The maximum absolute atomic E-state index is 5.49. The molecule has 5 heteroatoms. The standard InChI is InChI=1S/C13H14Br2N2O/c1-3-5-16-10-4-6-17-12-8(14)7-9(15)13(18-2)11(10)12/h4,6-7H,3,5H2,1-2H3,(H,16,17). The van der Waals surface area contributed by atoms with E-state index in [-0.39, 0.29) is 0 Å². The predicted octanol–water partition coefficient (Wildman–Crippen LogP) is 4.59. The first-order valence-electron chi connectivity index (χ1n) is 5.73. The van der Waals surface area contributed by atoms with Crippen LogP contribution in [0.1, 0.15) is 13.3 Å². The number of hydrogen-bond acceptors (Lipinski definition) is 3. The fourth-order valence-electron chi connectivity index (χ4n) is 1.84. The Bertz CT molecular complexity index is 572. The number of aromatic nitrogens is 1. The Hall–Kier alpha value is -0.810. The lowest BCUT2D eigenvalue weighted by atomic mass is 10.1. The van der Waals surface area contributed by atoms with E-state index in [4.69, 9.17) is 4.74 Å². The zero-order chi connectivity index (χ0) is 13.1. The molecule has 96 valence electrons. The second kappa shape index (κ2) is 5.89. The van der Waals surface area contributed by atoms with Crippen molar-refractivity contribution in [2.45, 2.75) is 13.3 Å². The molecule has 0 atom stereocenters. The number of benzene rings is 1. The average molecular weight is 374 g/mol. The number of fused-ring (bicyclic) bond motifs is 1. The summed E-state index contributed by atoms with van der Waals surface area (Å²) in [5.41, 5.74) is 1.94. The zero-order valence-electron chi connectivity index (χ0n) is 10.3. The summed E-state index contributed by atoms with van der Waals surface area (Å²) in [5.74, 6) is 0.805. The van der Waals surface area contributed by atoms with Gasteiger partial charge in [0.05, 0.1) is 22.5 Å². The van der Waals surface area contributed by atoms with Gasteiger partial charge in [0.1, 0.15) is 5.75 Å². The SMILES string of the molecule is CCCNc1ccnc2c(Br)cc(Br)c(OC)c12. The molecular weight excluding hydrogens is 360 g/mol. The van der Waals surface area contributed by atoms with E-state index < -0.39 is 0 Å². The van der Waals surface area contributed by atoms with Crippen LogP contribution >= 0.6 is 31.9 Å². The highest BCUT2D eigenvalue weighted by atomic mass is 79.9. The molecule has 1 aromatic carbocycles. The molecule has 1 heterocycles. The molecule has 0 unspecified atom stereocenters. The van der Waals surface area contributed by atoms with Crippen molar-refractivity contribution in [2.75, 3.05) is 19.0 Å². The molecular formula is C13H14Br2N2O. The summed E-state index contributed by atoms with van der Waals surface area (Å²) >= 11 is 7.06. The minimum absolute atomic E-state index is 0.805. The van der Waals surface area contributed by atoms with E-state index >= 15 is 0 Å². The van der Waals surface area contributed by atoms with E-state index in [0.29, 0.717) is 0 Å². The quantitative estimate of drug-likeness (QED) is 0.850. The van der Waals surface area contributed by atoms with Crippen LogP contribution in [-0.2, 0) is 0 Å². The van der Waals surface area contributed by atoms with Gasteiger partial charge in [-0.25, -0.2) is 0 Å². The molecule has 0 saturated heterocycles. The molecule has 0 spiro atoms. The lowest BCUT2D eigenvalue weighted by Crippen LogP contribution is -2.02. The van der Waals surface area contributed by atoms with Crippen molar-refractivity contribution < 1.29 is 4.74 Å². The van der Waals surface area contributed by atoms with E-state index in [1.165, 1.54) is 0 Å². The van der Waals surface area contributed by atoms with Gasteiger partial charge < -0.3 is 10.1 Å². The van der Waals surface area contributed by atoms with Gasteiger partial charge in [-0.2, -0.15) is 0 Å². The van der Waals surface area contributed by atoms with Crippen LogP contribution in [0.15, 0.2) is 27.3 Å². The van der Waals surface area contributed by atoms with Gasteiger partial charge in [-0.05, 0) is 50.4 Å². The van der Waals surface area contributed by atoms with Crippen LogP contribution in [0.25, 0.3) is 10.9 Å². The van der Waals surface area contributed by atoms with Crippen LogP contribution in [0.5, 0.6) is 5.75 Å². The molecule has 0 amide bonds. The first-order chi connectivity index (χ1) is 8.69. The molecule has 3 nitrogen and oxygen atoms in total. The van der Waals surface area contributed by atoms with E-state index in [2.05, 4.69) is 49.1 Å². The normalized spacial score (nSPS) is 10.7. The van der Waals surface area contributed by atoms with Gasteiger partial charge in [0.25, 0.3) is 0 Å². The van der Waals surface area contributed by atoms with Crippen molar-refractivity contribution in [2.24, 2.45) is 0 Å². The van der Waals surface area contributed by atoms with E-state index in [9.17, 15) is 0 Å². The van der Waals surface area contributed by atoms with Crippen molar-refractivity contribution in [1.82, 2.24) is 4.98 Å². The fraction of sp³-hybridized carbons (Fsp3) is 0.308. The fourth-order valence-corrected chi connectivity index (χ4v) is 3.27. The van der Waals surface area contributed by atoms with Crippen LogP contribution in [0.4, 0.5) is 5.69 Å². The summed E-state index contributed by atoms with van der Waals surface area (Å²) in [6.07, 6.45) is 2.87. The Labute approximate surface area is 123 Å². The molecule has 0 saturated carbocycles. The number of nitrogens with zero attached hydrogens (tertiary/aromatic N) is 1. The van der Waals surface area contributed by atoms with Crippen LogP contribution in [-0.4, -0.2) is 18.6 Å². The van der Waals surface area contributed by atoms with Gasteiger partial charge in [-0.1, -0.05) is 6.92 Å². The summed E-state index contributed by atoms with van der Waals surface area (Å²) < 4.78 is 7.35. The molecule has 0 radical (unpaired) electrons. The third-order valence-electron chi connectivity index (χ3n) is 2.64. The molecule has 2 rings (SSSR count). The highest BCUT2D eigenvalue weighted by Gasteiger charge is 2.14. The summed E-state index contributed by atoms with van der Waals surface area (Å²) in [5, 5.41) is 4.40. The van der Waals surface area contributed by atoms with Gasteiger partial charge in [0.2, 0.25) is 0 Å². The van der Waals surface area contributed by atoms with Crippen LogP contribution < -0.4 is 10.1 Å². The Morgan fingerprint density at radius 1 is 1.33 bits per heavy atom. The summed E-state index contributed by atoms with van der Waals surface area (Å²) in [6.45, 7) is 3.06. The number of halogens is 2. The Balaban J connectivity index is 2.71. The lowest BCUT2D eigenvalue weighted by molar-refractivity contribution is 0.417. The number of methoxy groups -OCH3 is 1. The number of anilines is 1. The Kier molecular flexibility index (Phi) is 4.45. The monoisotopic (exact) mass is 372 g/mol. The van der Waals surface area contributed by atoms with Crippen LogP contribution in [0, 0.1) is 0 Å². The molecule has 18 heavy (non-hydrogen) atoms.